The summed E-state index contributed by atoms with van der Waals surface area (Å²) in [5, 5.41) is 0.402. The van der Waals surface area contributed by atoms with Gasteiger partial charge in [-0.2, -0.15) is 4.72 Å². The van der Waals surface area contributed by atoms with E-state index < -0.39 is 22.5 Å². The van der Waals surface area contributed by atoms with E-state index in [1.807, 2.05) is 0 Å². The van der Waals surface area contributed by atoms with Gasteiger partial charge in [0.2, 0.25) is 10.0 Å². The Balaban J connectivity index is 2.80. The van der Waals surface area contributed by atoms with E-state index in [2.05, 4.69) is 25.4 Å². The van der Waals surface area contributed by atoms with Gasteiger partial charge in [0.05, 0.1) is 16.5 Å². The number of rotatable bonds is 5. The zero-order valence-electron chi connectivity index (χ0n) is 9.44. The fraction of sp³-hybridized carbons (Fsp3) is 0.300. The largest absolute Gasteiger partial charge is 0.465 e. The van der Waals surface area contributed by atoms with Crippen LogP contribution in [0.5, 0.6) is 0 Å². The Bertz CT molecular complexity index is 547. The maximum absolute atomic E-state index is 11.8. The van der Waals surface area contributed by atoms with Crippen molar-refractivity contribution in [3.63, 3.8) is 0 Å². The van der Waals surface area contributed by atoms with E-state index in [9.17, 15) is 13.2 Å². The molecule has 100 valence electrons. The molecule has 0 spiro atoms. The first-order chi connectivity index (χ1) is 8.36. The number of benzene rings is 1. The normalized spacial score (nSPS) is 11.3. The summed E-state index contributed by atoms with van der Waals surface area (Å²) in [5.41, 5.74) is 0. The van der Waals surface area contributed by atoms with Crippen molar-refractivity contribution in [3.8, 4) is 0 Å². The highest BCUT2D eigenvalue weighted by Crippen LogP contribution is 2.25. The minimum absolute atomic E-state index is 0.0167. The zero-order chi connectivity index (χ0) is 13.8. The molecular formula is C10H11BrClNO4S. The summed E-state index contributed by atoms with van der Waals surface area (Å²) in [5.74, 6) is -0.630. The van der Waals surface area contributed by atoms with Crippen LogP contribution in [0.25, 0.3) is 0 Å². The average molecular weight is 357 g/mol. The van der Waals surface area contributed by atoms with Crippen LogP contribution in [0.3, 0.4) is 0 Å². The molecular weight excluding hydrogens is 346 g/mol. The highest BCUT2D eigenvalue weighted by atomic mass is 79.9. The minimum Gasteiger partial charge on any atom is -0.465 e. The molecule has 0 aliphatic rings. The van der Waals surface area contributed by atoms with Gasteiger partial charge in [-0.15, -0.1) is 0 Å². The fourth-order valence-corrected chi connectivity index (χ4v) is 2.74. The van der Waals surface area contributed by atoms with Gasteiger partial charge in [-0.25, -0.2) is 8.42 Å². The molecule has 0 saturated heterocycles. The van der Waals surface area contributed by atoms with Gasteiger partial charge >= 0.3 is 5.97 Å². The predicted molar refractivity (Wildman–Crippen MR) is 71.0 cm³/mol. The van der Waals surface area contributed by atoms with Crippen molar-refractivity contribution in [1.29, 1.82) is 0 Å². The highest BCUT2D eigenvalue weighted by molar-refractivity contribution is 9.10. The molecule has 0 heterocycles. The Hall–Kier alpha value is -0.630. The Morgan fingerprint density at radius 1 is 1.50 bits per heavy atom. The van der Waals surface area contributed by atoms with Crippen molar-refractivity contribution in [2.24, 2.45) is 0 Å². The maximum atomic E-state index is 11.8. The molecule has 0 fully saturated rings. The lowest BCUT2D eigenvalue weighted by molar-refractivity contribution is -0.141. The van der Waals surface area contributed by atoms with Crippen LogP contribution in [-0.2, 0) is 19.6 Å². The van der Waals surface area contributed by atoms with Gasteiger partial charge in [-0.05, 0) is 41.1 Å². The van der Waals surface area contributed by atoms with Gasteiger partial charge in [-0.3, -0.25) is 4.79 Å². The highest BCUT2D eigenvalue weighted by Gasteiger charge is 2.16. The molecule has 8 heteroatoms. The van der Waals surface area contributed by atoms with Crippen LogP contribution in [0, 0.1) is 0 Å². The molecule has 1 N–H and O–H groups in total. The molecule has 0 unspecified atom stereocenters. The Labute approximate surface area is 119 Å². The number of hydrogen-bond acceptors (Lipinski definition) is 4. The SMILES string of the molecule is CCOC(=O)CNS(=O)(=O)c1ccc(Cl)c(Br)c1. The number of hydrogen-bond donors (Lipinski definition) is 1. The van der Waals surface area contributed by atoms with E-state index in [1.54, 1.807) is 6.92 Å². The van der Waals surface area contributed by atoms with Crippen molar-refractivity contribution in [2.75, 3.05) is 13.2 Å². The minimum atomic E-state index is -3.75. The monoisotopic (exact) mass is 355 g/mol. The number of halogens is 2. The molecule has 0 aliphatic carbocycles. The molecule has 0 saturated carbocycles. The first-order valence-electron chi connectivity index (χ1n) is 4.97. The third-order valence-electron chi connectivity index (χ3n) is 1.91. The van der Waals surface area contributed by atoms with Gasteiger partial charge in [0.15, 0.2) is 0 Å². The molecule has 0 aliphatic heterocycles. The Morgan fingerprint density at radius 3 is 2.72 bits per heavy atom. The number of carbonyl (C=O) groups is 1. The second-order valence-electron chi connectivity index (χ2n) is 3.21. The average Bonchev–Trinajstić information content (AvgIpc) is 2.30. The van der Waals surface area contributed by atoms with E-state index >= 15 is 0 Å². The molecule has 0 amide bonds. The van der Waals surface area contributed by atoms with E-state index in [-0.39, 0.29) is 11.5 Å². The summed E-state index contributed by atoms with van der Waals surface area (Å²) >= 11 is 8.89. The van der Waals surface area contributed by atoms with Crippen molar-refractivity contribution < 1.29 is 17.9 Å². The summed E-state index contributed by atoms with van der Waals surface area (Å²) in [7, 11) is -3.75. The molecule has 1 aromatic carbocycles. The topological polar surface area (TPSA) is 72.5 Å². The molecule has 1 rings (SSSR count). The second kappa shape index (κ2) is 6.51. The van der Waals surface area contributed by atoms with Crippen molar-refractivity contribution in [2.45, 2.75) is 11.8 Å². The third-order valence-corrected chi connectivity index (χ3v) is 4.53. The van der Waals surface area contributed by atoms with E-state index in [0.29, 0.717) is 9.50 Å². The number of ether oxygens (including phenoxy) is 1. The molecule has 5 nitrogen and oxygen atoms in total. The lowest BCUT2D eigenvalue weighted by Crippen LogP contribution is -2.30. The van der Waals surface area contributed by atoms with Crippen LogP contribution < -0.4 is 4.72 Å². The molecule has 0 atom stereocenters. The molecule has 0 radical (unpaired) electrons. The van der Waals surface area contributed by atoms with Gasteiger partial charge < -0.3 is 4.74 Å². The maximum Gasteiger partial charge on any atom is 0.321 e. The lowest BCUT2D eigenvalue weighted by atomic mass is 10.4. The second-order valence-corrected chi connectivity index (χ2v) is 6.23. The number of esters is 1. The van der Waals surface area contributed by atoms with Crippen LogP contribution in [0.1, 0.15) is 6.92 Å². The molecule has 0 aromatic heterocycles. The Morgan fingerprint density at radius 2 is 2.17 bits per heavy atom. The van der Waals surface area contributed by atoms with Crippen LogP contribution in [0.2, 0.25) is 5.02 Å². The lowest BCUT2D eigenvalue weighted by Gasteiger charge is -2.07. The summed E-state index contributed by atoms with van der Waals surface area (Å²) in [4.78, 5) is 11.1. The molecule has 0 bridgehead atoms. The Kier molecular flexibility index (Phi) is 5.58. The van der Waals surface area contributed by atoms with Crippen molar-refractivity contribution in [1.82, 2.24) is 4.72 Å². The first kappa shape index (κ1) is 15.4. The van der Waals surface area contributed by atoms with Crippen LogP contribution >= 0.6 is 27.5 Å². The zero-order valence-corrected chi connectivity index (χ0v) is 12.6. The van der Waals surface area contributed by atoms with Gasteiger partial charge in [0, 0.05) is 4.47 Å². The summed E-state index contributed by atoms with van der Waals surface area (Å²) < 4.78 is 30.9. The van der Waals surface area contributed by atoms with E-state index in [0.717, 1.165) is 0 Å². The van der Waals surface area contributed by atoms with Gasteiger partial charge in [0.25, 0.3) is 0 Å². The van der Waals surface area contributed by atoms with Gasteiger partial charge in [-0.1, -0.05) is 11.6 Å². The number of sulfonamides is 1. The quantitative estimate of drug-likeness (QED) is 0.818. The summed E-state index contributed by atoms with van der Waals surface area (Å²) in [6.07, 6.45) is 0. The van der Waals surface area contributed by atoms with Crippen LogP contribution in [-0.4, -0.2) is 27.5 Å². The summed E-state index contributed by atoms with van der Waals surface area (Å²) in [6.45, 7) is 1.44. The molecule has 18 heavy (non-hydrogen) atoms. The first-order valence-corrected chi connectivity index (χ1v) is 7.62. The third kappa shape index (κ3) is 4.24. The van der Waals surface area contributed by atoms with Crippen LogP contribution in [0.15, 0.2) is 27.6 Å². The van der Waals surface area contributed by atoms with Crippen molar-refractivity contribution >= 4 is 43.5 Å². The van der Waals surface area contributed by atoms with Crippen LogP contribution in [0.4, 0.5) is 0 Å². The number of carbonyl (C=O) groups excluding carboxylic acids is 1. The number of nitrogens with one attached hydrogen (secondary N) is 1. The predicted octanol–water partition coefficient (Wildman–Crippen LogP) is 1.94. The van der Waals surface area contributed by atoms with E-state index in [1.165, 1.54) is 18.2 Å². The molecule has 1 aromatic rings. The van der Waals surface area contributed by atoms with E-state index in [4.69, 9.17) is 11.6 Å². The van der Waals surface area contributed by atoms with Gasteiger partial charge in [0.1, 0.15) is 6.54 Å². The smallest absolute Gasteiger partial charge is 0.321 e. The fourth-order valence-electron chi connectivity index (χ4n) is 1.09. The van der Waals surface area contributed by atoms with Crippen molar-refractivity contribution in [3.05, 3.63) is 27.7 Å². The summed E-state index contributed by atoms with van der Waals surface area (Å²) in [6, 6.07) is 4.15. The standard InChI is InChI=1S/C10H11BrClNO4S/c1-2-17-10(14)6-13-18(15,16)7-3-4-9(12)8(11)5-7/h3-5,13H,2,6H2,1H3.